The topological polar surface area (TPSA) is 9.23 Å². The van der Waals surface area contributed by atoms with Gasteiger partial charge >= 0.3 is 0 Å². The molecule has 0 atom stereocenters. The lowest BCUT2D eigenvalue weighted by Gasteiger charge is -2.09. The molecule has 0 amide bonds. The van der Waals surface area contributed by atoms with Gasteiger partial charge in [0, 0.05) is 5.56 Å². The van der Waals surface area contributed by atoms with Crippen LogP contribution in [0.1, 0.15) is 18.9 Å². The molecule has 2 heteroatoms. The normalized spacial score (nSPS) is 9.69. The highest BCUT2D eigenvalue weighted by Gasteiger charge is 2.01. The fourth-order valence-electron chi connectivity index (χ4n) is 1.05. The van der Waals surface area contributed by atoms with Gasteiger partial charge in [0.2, 0.25) is 0 Å². The van der Waals surface area contributed by atoms with Crippen LogP contribution in [-0.2, 0) is 0 Å². The van der Waals surface area contributed by atoms with Gasteiger partial charge in [-0.3, -0.25) is 0 Å². The fourth-order valence-corrected chi connectivity index (χ4v) is 1.26. The molecule has 1 aromatic rings. The number of rotatable bonds is 4. The van der Waals surface area contributed by atoms with E-state index >= 15 is 0 Å². The van der Waals surface area contributed by atoms with Crippen LogP contribution in [0.5, 0.6) is 5.75 Å². The molecular weight excluding hydrogens is 176 g/mol. The second kappa shape index (κ2) is 4.87. The van der Waals surface area contributed by atoms with E-state index < -0.39 is 0 Å². The van der Waals surface area contributed by atoms with Gasteiger partial charge in [0.05, 0.1) is 16.8 Å². The van der Waals surface area contributed by atoms with Crippen molar-refractivity contribution in [2.45, 2.75) is 13.3 Å². The summed E-state index contributed by atoms with van der Waals surface area (Å²) in [6, 6.07) is 7.87. The summed E-state index contributed by atoms with van der Waals surface area (Å²) in [6.45, 7) is 6.66. The van der Waals surface area contributed by atoms with Crippen LogP contribution in [0, 0.1) is 0 Å². The zero-order valence-corrected chi connectivity index (χ0v) is 8.84. The first-order valence-corrected chi connectivity index (χ1v) is 4.88. The summed E-state index contributed by atoms with van der Waals surface area (Å²) in [7, 11) is 3.40. The van der Waals surface area contributed by atoms with Gasteiger partial charge in [0.1, 0.15) is 5.75 Å². The largest absolute Gasteiger partial charge is 0.493 e. The smallest absolute Gasteiger partial charge is 0.126 e. The second-order valence-corrected chi connectivity index (χ2v) is 3.43. The third-order valence-electron chi connectivity index (χ3n) is 1.67. The van der Waals surface area contributed by atoms with E-state index in [0.717, 1.165) is 29.5 Å². The van der Waals surface area contributed by atoms with Crippen LogP contribution in [0.15, 0.2) is 30.8 Å². The Morgan fingerprint density at radius 2 is 2.15 bits per heavy atom. The van der Waals surface area contributed by atoms with Gasteiger partial charge in [0.25, 0.3) is 0 Å². The molecule has 0 unspecified atom stereocenters. The molecule has 0 N–H and O–H groups in total. The molecule has 1 rings (SSSR count). The Hall–Kier alpha value is -1.02. The van der Waals surface area contributed by atoms with Crippen molar-refractivity contribution in [3.63, 3.8) is 0 Å². The van der Waals surface area contributed by atoms with Crippen molar-refractivity contribution >= 4 is 15.4 Å². The minimum atomic E-state index is 0.747. The Labute approximate surface area is 82.9 Å². The molecule has 0 aliphatic rings. The molecule has 0 heterocycles. The second-order valence-electron chi connectivity index (χ2n) is 2.82. The SMILES string of the molecule is C=C([Si])c1ccccc1OCCC. The molecule has 0 fully saturated rings. The van der Waals surface area contributed by atoms with Crippen molar-refractivity contribution in [2.75, 3.05) is 6.61 Å². The van der Waals surface area contributed by atoms with Crippen LogP contribution in [0.2, 0.25) is 0 Å². The summed E-state index contributed by atoms with van der Waals surface area (Å²) in [4.78, 5) is 0. The van der Waals surface area contributed by atoms with Gasteiger partial charge in [-0.15, -0.1) is 0 Å². The van der Waals surface area contributed by atoms with Gasteiger partial charge in [0.15, 0.2) is 0 Å². The van der Waals surface area contributed by atoms with Crippen molar-refractivity contribution in [1.29, 1.82) is 0 Å². The Morgan fingerprint density at radius 1 is 1.46 bits per heavy atom. The molecule has 0 spiro atoms. The summed E-state index contributed by atoms with van der Waals surface area (Å²) >= 11 is 0. The molecule has 67 valence electrons. The minimum absolute atomic E-state index is 0.747. The van der Waals surface area contributed by atoms with E-state index in [1.165, 1.54) is 0 Å². The van der Waals surface area contributed by atoms with E-state index in [9.17, 15) is 0 Å². The Morgan fingerprint density at radius 3 is 2.77 bits per heavy atom. The van der Waals surface area contributed by atoms with Gasteiger partial charge in [-0.05, 0) is 12.5 Å². The van der Waals surface area contributed by atoms with Crippen LogP contribution in [0.25, 0.3) is 5.20 Å². The quantitative estimate of drug-likeness (QED) is 0.662. The fraction of sp³-hybridized carbons (Fsp3) is 0.273. The molecule has 1 aromatic carbocycles. The molecule has 13 heavy (non-hydrogen) atoms. The Kier molecular flexibility index (Phi) is 3.77. The lowest BCUT2D eigenvalue weighted by molar-refractivity contribution is 0.316. The van der Waals surface area contributed by atoms with E-state index in [0.29, 0.717) is 0 Å². The first-order chi connectivity index (χ1) is 6.25. The summed E-state index contributed by atoms with van der Waals surface area (Å²) < 4.78 is 5.56. The van der Waals surface area contributed by atoms with Gasteiger partial charge < -0.3 is 4.74 Å². The lowest BCUT2D eigenvalue weighted by atomic mass is 10.2. The maximum absolute atomic E-state index is 5.56. The van der Waals surface area contributed by atoms with Crippen LogP contribution < -0.4 is 4.74 Å². The van der Waals surface area contributed by atoms with Gasteiger partial charge in [-0.25, -0.2) is 0 Å². The van der Waals surface area contributed by atoms with Crippen molar-refractivity contribution < 1.29 is 4.74 Å². The molecule has 0 aliphatic carbocycles. The van der Waals surface area contributed by atoms with Crippen molar-refractivity contribution in [2.24, 2.45) is 0 Å². The standard InChI is InChI=1S/C11H13OSi/c1-3-8-12-11-7-5-4-6-10(11)9(2)13/h4-7H,2-3,8H2,1H3. The van der Waals surface area contributed by atoms with Crippen molar-refractivity contribution in [3.8, 4) is 5.75 Å². The molecule has 1 nitrogen and oxygen atoms in total. The summed E-state index contributed by atoms with van der Waals surface area (Å²) in [5, 5.41) is 0.853. The molecule has 0 aromatic heterocycles. The monoisotopic (exact) mass is 189 g/mol. The molecular formula is C11H13OSi. The van der Waals surface area contributed by atoms with Crippen molar-refractivity contribution in [1.82, 2.24) is 0 Å². The lowest BCUT2D eigenvalue weighted by Crippen LogP contribution is -1.98. The maximum Gasteiger partial charge on any atom is 0.126 e. The first kappa shape index (κ1) is 10.1. The number of benzene rings is 1. The first-order valence-electron chi connectivity index (χ1n) is 4.38. The molecule has 3 radical (unpaired) electrons. The number of hydrogen-bond donors (Lipinski definition) is 0. The highest BCUT2D eigenvalue weighted by Crippen LogP contribution is 2.22. The summed E-state index contributed by atoms with van der Waals surface area (Å²) in [5.74, 6) is 0.893. The van der Waals surface area contributed by atoms with Crippen LogP contribution in [0.3, 0.4) is 0 Å². The van der Waals surface area contributed by atoms with Crippen molar-refractivity contribution in [3.05, 3.63) is 36.4 Å². The number of ether oxygens (including phenoxy) is 1. The zero-order chi connectivity index (χ0) is 9.68. The number of hydrogen-bond acceptors (Lipinski definition) is 1. The summed E-state index contributed by atoms with van der Waals surface area (Å²) in [6.07, 6.45) is 1.02. The van der Waals surface area contributed by atoms with E-state index in [1.807, 2.05) is 24.3 Å². The van der Waals surface area contributed by atoms with E-state index in [4.69, 9.17) is 4.74 Å². The van der Waals surface area contributed by atoms with Crippen LogP contribution >= 0.6 is 0 Å². The Bertz CT molecular complexity index is 294. The molecule has 0 saturated heterocycles. The average Bonchev–Trinajstić information content (AvgIpc) is 2.15. The van der Waals surface area contributed by atoms with E-state index in [-0.39, 0.29) is 0 Å². The van der Waals surface area contributed by atoms with E-state index in [1.54, 1.807) is 0 Å². The maximum atomic E-state index is 5.56. The number of para-hydroxylation sites is 1. The molecule has 0 aliphatic heterocycles. The van der Waals surface area contributed by atoms with Crippen LogP contribution in [0.4, 0.5) is 0 Å². The minimum Gasteiger partial charge on any atom is -0.493 e. The average molecular weight is 189 g/mol. The highest BCUT2D eigenvalue weighted by atomic mass is 28.1. The summed E-state index contributed by atoms with van der Waals surface area (Å²) in [5.41, 5.74) is 1.02. The van der Waals surface area contributed by atoms with E-state index in [2.05, 4.69) is 23.7 Å². The Balaban J connectivity index is 2.84. The third kappa shape index (κ3) is 2.74. The predicted molar refractivity (Wildman–Crippen MR) is 57.0 cm³/mol. The predicted octanol–water partition coefficient (Wildman–Crippen LogP) is 2.61. The molecule has 0 bridgehead atoms. The van der Waals surface area contributed by atoms with Gasteiger partial charge in [-0.1, -0.05) is 36.9 Å². The van der Waals surface area contributed by atoms with Gasteiger partial charge in [-0.2, -0.15) is 0 Å². The third-order valence-corrected chi connectivity index (χ3v) is 1.94. The molecule has 0 saturated carbocycles. The zero-order valence-electron chi connectivity index (χ0n) is 7.84. The highest BCUT2D eigenvalue weighted by molar-refractivity contribution is 6.42. The van der Waals surface area contributed by atoms with Crippen LogP contribution in [-0.4, -0.2) is 16.8 Å².